The molecular formula is C22H23NO2. The molecule has 0 saturated heterocycles. The first kappa shape index (κ1) is 17.2. The number of fused-ring (bicyclic) bond motifs is 1. The number of nitrogens with zero attached hydrogens (tertiary/aromatic N) is 1. The summed E-state index contributed by atoms with van der Waals surface area (Å²) in [6.07, 6.45) is 2.93. The average molecular weight is 333 g/mol. The third-order valence-corrected chi connectivity index (χ3v) is 4.31. The van der Waals surface area contributed by atoms with Crippen LogP contribution in [0, 0.1) is 0 Å². The molecule has 0 bridgehead atoms. The van der Waals surface area contributed by atoms with Gasteiger partial charge in [0.15, 0.2) is 0 Å². The van der Waals surface area contributed by atoms with Gasteiger partial charge in [0.25, 0.3) is 0 Å². The van der Waals surface area contributed by atoms with Crippen LogP contribution in [-0.4, -0.2) is 17.6 Å². The van der Waals surface area contributed by atoms with Crippen LogP contribution in [0.4, 0.5) is 0 Å². The second-order valence-electron chi connectivity index (χ2n) is 6.02. The lowest BCUT2D eigenvalue weighted by Gasteiger charge is -2.16. The van der Waals surface area contributed by atoms with Crippen molar-refractivity contribution < 1.29 is 9.53 Å². The van der Waals surface area contributed by atoms with E-state index in [-0.39, 0.29) is 5.97 Å². The highest BCUT2D eigenvalue weighted by atomic mass is 16.5. The lowest BCUT2D eigenvalue weighted by Crippen LogP contribution is -2.12. The fourth-order valence-electron chi connectivity index (χ4n) is 3.12. The van der Waals surface area contributed by atoms with E-state index in [4.69, 9.17) is 9.72 Å². The fourth-order valence-corrected chi connectivity index (χ4v) is 3.12. The molecule has 3 rings (SSSR count). The monoisotopic (exact) mass is 333 g/mol. The minimum Gasteiger partial charge on any atom is -0.462 e. The van der Waals surface area contributed by atoms with E-state index in [0.29, 0.717) is 17.9 Å². The molecule has 0 saturated carbocycles. The number of carbonyl (C=O) groups is 1. The van der Waals surface area contributed by atoms with Crippen LogP contribution in [0.15, 0.2) is 54.6 Å². The molecule has 0 amide bonds. The van der Waals surface area contributed by atoms with Crippen molar-refractivity contribution >= 4 is 16.9 Å². The maximum Gasteiger partial charge on any atom is 0.340 e. The molecule has 2 aromatic carbocycles. The summed E-state index contributed by atoms with van der Waals surface area (Å²) in [6, 6.07) is 17.9. The van der Waals surface area contributed by atoms with Gasteiger partial charge in [0.2, 0.25) is 0 Å². The van der Waals surface area contributed by atoms with Crippen molar-refractivity contribution in [3.05, 3.63) is 65.7 Å². The molecule has 1 aromatic heterocycles. The normalized spacial score (nSPS) is 10.8. The molecule has 1 heterocycles. The average Bonchev–Trinajstić information content (AvgIpc) is 2.66. The molecule has 3 aromatic rings. The molecule has 128 valence electrons. The third kappa shape index (κ3) is 3.55. The van der Waals surface area contributed by atoms with Crippen molar-refractivity contribution in [1.29, 1.82) is 0 Å². The van der Waals surface area contributed by atoms with Gasteiger partial charge in [-0.25, -0.2) is 9.78 Å². The first-order valence-electron chi connectivity index (χ1n) is 8.90. The van der Waals surface area contributed by atoms with Crippen molar-refractivity contribution in [3.8, 4) is 11.3 Å². The number of hydrogen-bond donors (Lipinski definition) is 0. The van der Waals surface area contributed by atoms with E-state index in [9.17, 15) is 4.79 Å². The fraction of sp³-hybridized carbons (Fsp3) is 0.273. The zero-order valence-corrected chi connectivity index (χ0v) is 14.8. The molecule has 0 N–H and O–H groups in total. The van der Waals surface area contributed by atoms with Gasteiger partial charge in [-0.3, -0.25) is 0 Å². The van der Waals surface area contributed by atoms with Crippen LogP contribution < -0.4 is 0 Å². The van der Waals surface area contributed by atoms with Gasteiger partial charge < -0.3 is 4.74 Å². The first-order chi connectivity index (χ1) is 12.3. The van der Waals surface area contributed by atoms with Crippen LogP contribution in [0.2, 0.25) is 0 Å². The summed E-state index contributed by atoms with van der Waals surface area (Å²) in [4.78, 5) is 17.6. The Balaban J connectivity index is 2.32. The Hall–Kier alpha value is -2.68. The zero-order valence-electron chi connectivity index (χ0n) is 14.8. The van der Waals surface area contributed by atoms with E-state index in [1.807, 2.05) is 61.5 Å². The topological polar surface area (TPSA) is 39.2 Å². The standard InChI is InChI=1S/C22H23NO2/c1-3-5-13-18-17-14-9-10-15-19(17)23-21(16-11-7-6-8-12-16)20(18)22(24)25-4-2/h6-12,14-15H,3-5,13H2,1-2H3. The molecule has 3 heteroatoms. The predicted molar refractivity (Wildman–Crippen MR) is 102 cm³/mol. The van der Waals surface area contributed by atoms with Crippen molar-refractivity contribution in [1.82, 2.24) is 4.98 Å². The molecule has 3 nitrogen and oxygen atoms in total. The maximum atomic E-state index is 12.8. The summed E-state index contributed by atoms with van der Waals surface area (Å²) in [5.74, 6) is -0.286. The summed E-state index contributed by atoms with van der Waals surface area (Å²) in [5.41, 5.74) is 4.23. The largest absolute Gasteiger partial charge is 0.462 e. The Kier molecular flexibility index (Phi) is 5.44. The zero-order chi connectivity index (χ0) is 17.6. The smallest absolute Gasteiger partial charge is 0.340 e. The van der Waals surface area contributed by atoms with Gasteiger partial charge in [0.1, 0.15) is 0 Å². The second kappa shape index (κ2) is 7.93. The minimum atomic E-state index is -0.286. The van der Waals surface area contributed by atoms with E-state index in [0.717, 1.165) is 41.3 Å². The van der Waals surface area contributed by atoms with E-state index in [1.165, 1.54) is 0 Å². The van der Waals surface area contributed by atoms with Crippen LogP contribution in [-0.2, 0) is 11.2 Å². The van der Waals surface area contributed by atoms with E-state index in [1.54, 1.807) is 0 Å². The molecule has 0 unspecified atom stereocenters. The van der Waals surface area contributed by atoms with Gasteiger partial charge in [-0.2, -0.15) is 0 Å². The van der Waals surface area contributed by atoms with Gasteiger partial charge in [-0.1, -0.05) is 61.9 Å². The van der Waals surface area contributed by atoms with E-state index in [2.05, 4.69) is 6.92 Å². The van der Waals surface area contributed by atoms with Crippen molar-refractivity contribution in [2.45, 2.75) is 33.1 Å². The van der Waals surface area contributed by atoms with Gasteiger partial charge in [0.05, 0.1) is 23.4 Å². The van der Waals surface area contributed by atoms with Gasteiger partial charge in [0, 0.05) is 10.9 Å². The van der Waals surface area contributed by atoms with E-state index < -0.39 is 0 Å². The molecule has 0 aliphatic carbocycles. The lowest BCUT2D eigenvalue weighted by molar-refractivity contribution is 0.0526. The highest BCUT2D eigenvalue weighted by Crippen LogP contribution is 2.31. The molecule has 0 fully saturated rings. The molecule has 0 radical (unpaired) electrons. The van der Waals surface area contributed by atoms with Crippen LogP contribution in [0.5, 0.6) is 0 Å². The molecule has 0 aliphatic rings. The van der Waals surface area contributed by atoms with Gasteiger partial charge in [-0.15, -0.1) is 0 Å². The summed E-state index contributed by atoms with van der Waals surface area (Å²) >= 11 is 0. The SMILES string of the molecule is CCCCc1c(C(=O)OCC)c(-c2ccccc2)nc2ccccc12. The minimum absolute atomic E-state index is 0.286. The predicted octanol–water partition coefficient (Wildman–Crippen LogP) is 5.42. The van der Waals surface area contributed by atoms with Gasteiger partial charge in [-0.05, 0) is 31.4 Å². The quantitative estimate of drug-likeness (QED) is 0.565. The molecule has 0 atom stereocenters. The first-order valence-corrected chi connectivity index (χ1v) is 8.90. The van der Waals surface area contributed by atoms with Crippen molar-refractivity contribution in [2.24, 2.45) is 0 Å². The van der Waals surface area contributed by atoms with Gasteiger partial charge >= 0.3 is 5.97 Å². The molecule has 0 spiro atoms. The number of unbranched alkanes of at least 4 members (excludes halogenated alkanes) is 1. The number of hydrogen-bond acceptors (Lipinski definition) is 3. The number of ether oxygens (including phenoxy) is 1. The van der Waals surface area contributed by atoms with Crippen LogP contribution in [0.25, 0.3) is 22.2 Å². The Morgan fingerprint density at radius 3 is 2.44 bits per heavy atom. The van der Waals surface area contributed by atoms with Crippen molar-refractivity contribution in [3.63, 3.8) is 0 Å². The number of aryl methyl sites for hydroxylation is 1. The molecular weight excluding hydrogens is 310 g/mol. The van der Waals surface area contributed by atoms with Crippen LogP contribution in [0.3, 0.4) is 0 Å². The molecule has 25 heavy (non-hydrogen) atoms. The van der Waals surface area contributed by atoms with Crippen molar-refractivity contribution in [2.75, 3.05) is 6.61 Å². The maximum absolute atomic E-state index is 12.8. The Morgan fingerprint density at radius 2 is 1.72 bits per heavy atom. The van der Waals surface area contributed by atoms with E-state index >= 15 is 0 Å². The summed E-state index contributed by atoms with van der Waals surface area (Å²) < 4.78 is 5.38. The molecule has 0 aliphatic heterocycles. The second-order valence-corrected chi connectivity index (χ2v) is 6.02. The summed E-state index contributed by atoms with van der Waals surface area (Å²) in [6.45, 7) is 4.35. The third-order valence-electron chi connectivity index (χ3n) is 4.31. The highest BCUT2D eigenvalue weighted by molar-refractivity contribution is 6.03. The number of esters is 1. The lowest BCUT2D eigenvalue weighted by atomic mass is 9.93. The van der Waals surface area contributed by atoms with Crippen LogP contribution in [0.1, 0.15) is 42.6 Å². The Morgan fingerprint density at radius 1 is 1.00 bits per heavy atom. The number of rotatable bonds is 6. The number of carbonyl (C=O) groups excluding carboxylic acids is 1. The Labute approximate surface area is 148 Å². The van der Waals surface area contributed by atoms with Crippen LogP contribution >= 0.6 is 0 Å². The summed E-state index contributed by atoms with van der Waals surface area (Å²) in [7, 11) is 0. The highest BCUT2D eigenvalue weighted by Gasteiger charge is 2.22. The Bertz CT molecular complexity index is 872. The number of aromatic nitrogens is 1. The number of pyridine rings is 1. The summed E-state index contributed by atoms with van der Waals surface area (Å²) in [5, 5.41) is 1.04. The number of para-hydroxylation sites is 1. The number of benzene rings is 2.